The normalized spacial score (nSPS) is 19.8. The van der Waals surface area contributed by atoms with Crippen LogP contribution in [0.3, 0.4) is 0 Å². The van der Waals surface area contributed by atoms with E-state index in [0.717, 1.165) is 24.6 Å². The second kappa shape index (κ2) is 11.1. The van der Waals surface area contributed by atoms with Crippen LogP contribution in [0.25, 0.3) is 11.6 Å². The van der Waals surface area contributed by atoms with E-state index < -0.39 is 23.7 Å². The Bertz CT molecular complexity index is 1810. The van der Waals surface area contributed by atoms with Gasteiger partial charge in [-0.15, -0.1) is 0 Å². The molecule has 1 saturated carbocycles. The number of benzene rings is 1. The first-order valence-corrected chi connectivity index (χ1v) is 14.8. The SMILES string of the molecule is Cc1cc(C)n(-c2nc3c(c(=O)n2-c2ccc(OC4CC(N)C4)nc2)CC(C)N(C(=O)c2ccc(Br)c(C(F)(F)F)c2)C3)n1. The van der Waals surface area contributed by atoms with Crippen molar-refractivity contribution in [2.75, 3.05) is 0 Å². The van der Waals surface area contributed by atoms with Crippen molar-refractivity contribution in [1.29, 1.82) is 0 Å². The number of ether oxygens (including phenoxy) is 1. The van der Waals surface area contributed by atoms with Gasteiger partial charge in [-0.3, -0.25) is 9.59 Å². The highest BCUT2D eigenvalue weighted by Gasteiger charge is 2.36. The second-order valence-corrected chi connectivity index (χ2v) is 12.2. The fraction of sp³-hybridized carbons (Fsp3) is 0.367. The summed E-state index contributed by atoms with van der Waals surface area (Å²) in [6, 6.07) is 8.28. The molecule has 0 saturated heterocycles. The van der Waals surface area contributed by atoms with E-state index >= 15 is 0 Å². The first-order chi connectivity index (χ1) is 20.8. The van der Waals surface area contributed by atoms with Gasteiger partial charge in [0, 0.05) is 39.4 Å². The number of aromatic nitrogens is 5. The van der Waals surface area contributed by atoms with Crippen molar-refractivity contribution in [2.24, 2.45) is 5.73 Å². The molecule has 1 unspecified atom stereocenters. The van der Waals surface area contributed by atoms with Gasteiger partial charge in [0.2, 0.25) is 11.8 Å². The molecule has 1 aliphatic carbocycles. The Morgan fingerprint density at radius 2 is 1.89 bits per heavy atom. The largest absolute Gasteiger partial charge is 0.474 e. The van der Waals surface area contributed by atoms with Crippen molar-refractivity contribution in [3.63, 3.8) is 0 Å². The number of fused-ring (bicyclic) bond motifs is 1. The number of carbonyl (C=O) groups is 1. The van der Waals surface area contributed by atoms with E-state index in [1.54, 1.807) is 23.7 Å². The molecule has 6 rings (SSSR count). The summed E-state index contributed by atoms with van der Waals surface area (Å²) >= 11 is 2.92. The van der Waals surface area contributed by atoms with E-state index in [0.29, 0.717) is 28.5 Å². The molecule has 1 aromatic carbocycles. The predicted molar refractivity (Wildman–Crippen MR) is 158 cm³/mol. The van der Waals surface area contributed by atoms with E-state index in [1.807, 2.05) is 19.9 Å². The van der Waals surface area contributed by atoms with Crippen molar-refractivity contribution >= 4 is 21.8 Å². The van der Waals surface area contributed by atoms with Crippen LogP contribution in [0.4, 0.5) is 13.2 Å². The summed E-state index contributed by atoms with van der Waals surface area (Å²) in [4.78, 5) is 38.4. The Hall–Kier alpha value is -4.04. The molecule has 3 aromatic heterocycles. The van der Waals surface area contributed by atoms with E-state index in [4.69, 9.17) is 15.5 Å². The third kappa shape index (κ3) is 5.52. The smallest absolute Gasteiger partial charge is 0.417 e. The summed E-state index contributed by atoms with van der Waals surface area (Å²) in [5, 5.41) is 4.54. The molecule has 44 heavy (non-hydrogen) atoms. The van der Waals surface area contributed by atoms with Crippen LogP contribution in [0, 0.1) is 13.8 Å². The summed E-state index contributed by atoms with van der Waals surface area (Å²) in [7, 11) is 0. The van der Waals surface area contributed by atoms with Gasteiger partial charge in [0.05, 0.1) is 35.4 Å². The zero-order valence-corrected chi connectivity index (χ0v) is 25.7. The van der Waals surface area contributed by atoms with E-state index in [9.17, 15) is 22.8 Å². The van der Waals surface area contributed by atoms with Crippen LogP contribution in [0.1, 0.15) is 58.3 Å². The fourth-order valence-electron chi connectivity index (χ4n) is 5.61. The van der Waals surface area contributed by atoms with Gasteiger partial charge in [-0.05, 0) is 70.4 Å². The standard InChI is InChI=1S/C30H29BrF3N7O3/c1-15-8-17(3)41(38-15)29-37-25-14-39(27(42)18-4-6-24(31)23(10-18)30(32,33)34)16(2)9-22(25)28(43)40(29)20-5-7-26(36-13-20)44-21-11-19(35)12-21/h4-8,10,13,16,19,21H,9,11-12,14,35H2,1-3H3. The molecule has 4 heterocycles. The van der Waals surface area contributed by atoms with Gasteiger partial charge in [-0.2, -0.15) is 18.3 Å². The van der Waals surface area contributed by atoms with Gasteiger partial charge in [0.1, 0.15) is 6.10 Å². The van der Waals surface area contributed by atoms with Crippen LogP contribution in [0.2, 0.25) is 0 Å². The molecule has 0 bridgehead atoms. The van der Waals surface area contributed by atoms with Crippen molar-refractivity contribution in [3.05, 3.63) is 91.2 Å². The minimum absolute atomic E-state index is 0.00588. The number of hydrogen-bond donors (Lipinski definition) is 1. The predicted octanol–water partition coefficient (Wildman–Crippen LogP) is 4.67. The molecule has 2 N–H and O–H groups in total. The van der Waals surface area contributed by atoms with Gasteiger partial charge >= 0.3 is 6.18 Å². The molecule has 1 atom stereocenters. The van der Waals surface area contributed by atoms with Crippen molar-refractivity contribution in [2.45, 2.75) is 70.9 Å². The van der Waals surface area contributed by atoms with Gasteiger partial charge in [-0.1, -0.05) is 15.9 Å². The van der Waals surface area contributed by atoms with Crippen LogP contribution in [0.15, 0.2) is 51.9 Å². The Labute approximate surface area is 258 Å². The molecule has 230 valence electrons. The Balaban J connectivity index is 1.39. The number of nitrogens with two attached hydrogens (primary N) is 1. The van der Waals surface area contributed by atoms with Gasteiger partial charge < -0.3 is 15.4 Å². The van der Waals surface area contributed by atoms with Crippen molar-refractivity contribution < 1.29 is 22.7 Å². The molecular weight excluding hydrogens is 643 g/mol. The van der Waals surface area contributed by atoms with Crippen LogP contribution < -0.4 is 16.0 Å². The van der Waals surface area contributed by atoms with Crippen LogP contribution in [-0.2, 0) is 19.1 Å². The molecule has 1 aliphatic heterocycles. The Morgan fingerprint density at radius 3 is 2.50 bits per heavy atom. The van der Waals surface area contributed by atoms with Crippen molar-refractivity contribution in [1.82, 2.24) is 29.2 Å². The topological polar surface area (TPSA) is 121 Å². The molecule has 1 amide bonds. The first-order valence-electron chi connectivity index (χ1n) is 14.0. The van der Waals surface area contributed by atoms with Crippen LogP contribution in [-0.4, -0.2) is 53.3 Å². The number of carbonyl (C=O) groups excluding carboxylic acids is 1. The van der Waals surface area contributed by atoms with E-state index in [2.05, 4.69) is 26.0 Å². The molecule has 4 aromatic rings. The molecule has 2 aliphatic rings. The molecule has 0 radical (unpaired) electrons. The lowest BCUT2D eigenvalue weighted by Gasteiger charge is -2.34. The lowest BCUT2D eigenvalue weighted by Crippen LogP contribution is -2.46. The maximum absolute atomic E-state index is 14.1. The minimum atomic E-state index is -4.64. The lowest BCUT2D eigenvalue weighted by atomic mass is 9.90. The van der Waals surface area contributed by atoms with Crippen LogP contribution >= 0.6 is 15.9 Å². The summed E-state index contributed by atoms with van der Waals surface area (Å²) in [5.74, 6) is 0.0263. The zero-order chi connectivity index (χ0) is 31.5. The summed E-state index contributed by atoms with van der Waals surface area (Å²) in [6.45, 7) is 5.34. The molecular formula is C30H29BrF3N7O3. The van der Waals surface area contributed by atoms with Gasteiger partial charge in [-0.25, -0.2) is 19.2 Å². The number of halogens is 4. The number of amides is 1. The molecule has 0 spiro atoms. The Kier molecular flexibility index (Phi) is 7.60. The molecule has 14 heteroatoms. The van der Waals surface area contributed by atoms with E-state index in [1.165, 1.54) is 27.8 Å². The third-order valence-electron chi connectivity index (χ3n) is 7.97. The number of nitrogens with zero attached hydrogens (tertiary/aromatic N) is 6. The summed E-state index contributed by atoms with van der Waals surface area (Å²) in [6.07, 6.45) is -1.44. The Morgan fingerprint density at radius 1 is 1.14 bits per heavy atom. The molecule has 10 nitrogen and oxygen atoms in total. The highest BCUT2D eigenvalue weighted by Crippen LogP contribution is 2.36. The average Bonchev–Trinajstić information content (AvgIpc) is 3.29. The molecule has 1 fully saturated rings. The quantitative estimate of drug-likeness (QED) is 0.327. The average molecular weight is 673 g/mol. The monoisotopic (exact) mass is 671 g/mol. The highest BCUT2D eigenvalue weighted by atomic mass is 79.9. The second-order valence-electron chi connectivity index (χ2n) is 11.3. The fourth-order valence-corrected chi connectivity index (χ4v) is 6.08. The number of aryl methyl sites for hydroxylation is 2. The maximum atomic E-state index is 14.1. The maximum Gasteiger partial charge on any atom is 0.417 e. The van der Waals surface area contributed by atoms with Crippen LogP contribution in [0.5, 0.6) is 5.88 Å². The first kappa shape index (κ1) is 30.0. The summed E-state index contributed by atoms with van der Waals surface area (Å²) < 4.78 is 49.4. The highest BCUT2D eigenvalue weighted by molar-refractivity contribution is 9.10. The number of rotatable bonds is 5. The third-order valence-corrected chi connectivity index (χ3v) is 8.66. The number of alkyl halides is 3. The number of hydrogen-bond acceptors (Lipinski definition) is 7. The zero-order valence-electron chi connectivity index (χ0n) is 24.1. The summed E-state index contributed by atoms with van der Waals surface area (Å²) in [5.41, 5.74) is 7.10. The van der Waals surface area contributed by atoms with Gasteiger partial charge in [0.25, 0.3) is 11.5 Å². The number of pyridine rings is 1. The van der Waals surface area contributed by atoms with E-state index in [-0.39, 0.29) is 46.7 Å². The van der Waals surface area contributed by atoms with Gasteiger partial charge in [0.15, 0.2) is 0 Å². The minimum Gasteiger partial charge on any atom is -0.474 e. The lowest BCUT2D eigenvalue weighted by molar-refractivity contribution is -0.138. The van der Waals surface area contributed by atoms with Crippen molar-refractivity contribution in [3.8, 4) is 17.5 Å².